The maximum atomic E-state index is 6.02. The summed E-state index contributed by atoms with van der Waals surface area (Å²) in [4.78, 5) is 9.40. The fourth-order valence-electron chi connectivity index (χ4n) is 3.91. The lowest BCUT2D eigenvalue weighted by Crippen LogP contribution is -2.40. The van der Waals surface area contributed by atoms with E-state index in [0.29, 0.717) is 6.54 Å². The van der Waals surface area contributed by atoms with Gasteiger partial charge in [0.1, 0.15) is 11.3 Å². The van der Waals surface area contributed by atoms with Crippen molar-refractivity contribution in [1.29, 1.82) is 0 Å². The molecule has 142 valence electrons. The molecule has 1 aliphatic heterocycles. The van der Waals surface area contributed by atoms with Crippen LogP contribution in [0.5, 0.6) is 0 Å². The molecule has 0 aliphatic carbocycles. The summed E-state index contributed by atoms with van der Waals surface area (Å²) >= 11 is 0. The number of nitrogens with zero attached hydrogens (tertiary/aromatic N) is 3. The molecule has 1 N–H and O–H groups in total. The molecular formula is C21H32N4O. The molecular weight excluding hydrogens is 324 g/mol. The first-order valence-electron chi connectivity index (χ1n) is 9.81. The largest absolute Gasteiger partial charge is 0.459 e. The SMILES string of the molecule is CCN(CC)CC1CCN(C(=NC)NCc2oc3ccccc3c2C)C1. The minimum Gasteiger partial charge on any atom is -0.459 e. The van der Waals surface area contributed by atoms with Crippen molar-refractivity contribution in [1.82, 2.24) is 15.1 Å². The molecule has 1 fully saturated rings. The van der Waals surface area contributed by atoms with E-state index in [9.17, 15) is 0 Å². The molecule has 2 aromatic rings. The highest BCUT2D eigenvalue weighted by Crippen LogP contribution is 2.25. The number of hydrogen-bond acceptors (Lipinski definition) is 3. The van der Waals surface area contributed by atoms with Crippen molar-refractivity contribution in [3.63, 3.8) is 0 Å². The van der Waals surface area contributed by atoms with Crippen molar-refractivity contribution < 1.29 is 4.42 Å². The van der Waals surface area contributed by atoms with Crippen molar-refractivity contribution in [3.05, 3.63) is 35.6 Å². The van der Waals surface area contributed by atoms with E-state index >= 15 is 0 Å². The topological polar surface area (TPSA) is 44.0 Å². The van der Waals surface area contributed by atoms with E-state index < -0.39 is 0 Å². The maximum Gasteiger partial charge on any atom is 0.194 e. The van der Waals surface area contributed by atoms with Gasteiger partial charge in [-0.2, -0.15) is 0 Å². The van der Waals surface area contributed by atoms with Gasteiger partial charge in [0.05, 0.1) is 6.54 Å². The number of likely N-dealkylation sites (tertiary alicyclic amines) is 1. The molecule has 1 unspecified atom stereocenters. The number of aliphatic imine (C=N–C) groups is 1. The van der Waals surface area contributed by atoms with Crippen molar-refractivity contribution in [2.24, 2.45) is 10.9 Å². The van der Waals surface area contributed by atoms with Crippen molar-refractivity contribution in [3.8, 4) is 0 Å². The van der Waals surface area contributed by atoms with Gasteiger partial charge in [0.25, 0.3) is 0 Å². The van der Waals surface area contributed by atoms with Crippen LogP contribution in [0.1, 0.15) is 31.6 Å². The Morgan fingerprint density at radius 2 is 2.08 bits per heavy atom. The van der Waals surface area contributed by atoms with Crippen LogP contribution in [0.4, 0.5) is 0 Å². The summed E-state index contributed by atoms with van der Waals surface area (Å²) in [6, 6.07) is 8.21. The standard InChI is InChI=1S/C21H32N4O/c1-5-24(6-2)14-17-11-12-25(15-17)21(22-4)23-13-20-16(3)18-9-7-8-10-19(18)26-20/h7-10,17H,5-6,11-15H2,1-4H3,(H,22,23). The first kappa shape index (κ1) is 18.8. The number of benzene rings is 1. The van der Waals surface area contributed by atoms with E-state index in [1.54, 1.807) is 0 Å². The van der Waals surface area contributed by atoms with Gasteiger partial charge < -0.3 is 19.5 Å². The van der Waals surface area contributed by atoms with E-state index in [1.165, 1.54) is 23.9 Å². The normalized spacial score (nSPS) is 18.3. The van der Waals surface area contributed by atoms with Crippen LogP contribution in [0.25, 0.3) is 11.0 Å². The molecule has 3 rings (SSSR count). The molecule has 1 saturated heterocycles. The second-order valence-corrected chi connectivity index (χ2v) is 7.13. The van der Waals surface area contributed by atoms with Crippen LogP contribution in [0, 0.1) is 12.8 Å². The summed E-state index contributed by atoms with van der Waals surface area (Å²) in [5.41, 5.74) is 2.17. The Kier molecular flexibility index (Phi) is 6.20. The average Bonchev–Trinajstić information content (AvgIpc) is 3.25. The van der Waals surface area contributed by atoms with Gasteiger partial charge in [-0.15, -0.1) is 0 Å². The highest BCUT2D eigenvalue weighted by atomic mass is 16.3. The highest BCUT2D eigenvalue weighted by molar-refractivity contribution is 5.83. The summed E-state index contributed by atoms with van der Waals surface area (Å²) in [6.45, 7) is 12.9. The Morgan fingerprint density at radius 3 is 2.77 bits per heavy atom. The van der Waals surface area contributed by atoms with Crippen molar-refractivity contribution in [2.75, 3.05) is 39.8 Å². The minimum absolute atomic E-state index is 0.671. The molecule has 1 aromatic heterocycles. The predicted octanol–water partition coefficient (Wildman–Crippen LogP) is 3.48. The Balaban J connectivity index is 1.59. The quantitative estimate of drug-likeness (QED) is 0.636. The number of aryl methyl sites for hydroxylation is 1. The average molecular weight is 357 g/mol. The molecule has 5 heteroatoms. The summed E-state index contributed by atoms with van der Waals surface area (Å²) in [7, 11) is 1.87. The summed E-state index contributed by atoms with van der Waals surface area (Å²) in [6.07, 6.45) is 1.24. The number of para-hydroxylation sites is 1. The molecule has 0 spiro atoms. The van der Waals surface area contributed by atoms with E-state index in [1.807, 2.05) is 19.2 Å². The number of nitrogens with one attached hydrogen (secondary N) is 1. The second kappa shape index (κ2) is 8.58. The van der Waals surface area contributed by atoms with E-state index in [2.05, 4.69) is 53.0 Å². The lowest BCUT2D eigenvalue weighted by molar-refractivity contribution is 0.255. The van der Waals surface area contributed by atoms with Gasteiger partial charge in [-0.25, -0.2) is 0 Å². The number of furan rings is 1. The molecule has 1 aromatic carbocycles. The van der Waals surface area contributed by atoms with Crippen LogP contribution in [-0.2, 0) is 6.54 Å². The molecule has 5 nitrogen and oxygen atoms in total. The number of hydrogen-bond donors (Lipinski definition) is 1. The third kappa shape index (κ3) is 4.04. The van der Waals surface area contributed by atoms with Gasteiger partial charge >= 0.3 is 0 Å². The first-order valence-corrected chi connectivity index (χ1v) is 9.81. The van der Waals surface area contributed by atoms with E-state index in [4.69, 9.17) is 4.42 Å². The Labute approximate surface area is 157 Å². The van der Waals surface area contributed by atoms with Crippen molar-refractivity contribution >= 4 is 16.9 Å². The molecule has 0 amide bonds. The summed E-state index contributed by atoms with van der Waals surface area (Å²) in [5, 5.41) is 4.69. The van der Waals surface area contributed by atoms with Gasteiger partial charge in [0.15, 0.2) is 5.96 Å². The molecule has 0 bridgehead atoms. The zero-order valence-electron chi connectivity index (χ0n) is 16.6. The zero-order chi connectivity index (χ0) is 18.5. The Bertz CT molecular complexity index is 748. The van der Waals surface area contributed by atoms with Crippen LogP contribution < -0.4 is 5.32 Å². The molecule has 2 heterocycles. The third-order valence-electron chi connectivity index (χ3n) is 5.56. The molecule has 1 aliphatic rings. The lowest BCUT2D eigenvalue weighted by Gasteiger charge is -2.24. The van der Waals surface area contributed by atoms with E-state index in [-0.39, 0.29) is 0 Å². The fraction of sp³-hybridized carbons (Fsp3) is 0.571. The monoisotopic (exact) mass is 356 g/mol. The van der Waals surface area contributed by atoms with Crippen LogP contribution in [0.2, 0.25) is 0 Å². The van der Waals surface area contributed by atoms with Gasteiger partial charge in [-0.1, -0.05) is 32.0 Å². The van der Waals surface area contributed by atoms with E-state index in [0.717, 1.165) is 49.4 Å². The van der Waals surface area contributed by atoms with Gasteiger partial charge in [-0.05, 0) is 38.4 Å². The molecule has 0 saturated carbocycles. The number of guanidine groups is 1. The first-order chi connectivity index (χ1) is 12.7. The third-order valence-corrected chi connectivity index (χ3v) is 5.56. The van der Waals surface area contributed by atoms with Crippen LogP contribution in [-0.4, -0.2) is 55.5 Å². The zero-order valence-corrected chi connectivity index (χ0v) is 16.6. The molecule has 1 atom stereocenters. The number of fused-ring (bicyclic) bond motifs is 1. The fourth-order valence-corrected chi connectivity index (χ4v) is 3.91. The van der Waals surface area contributed by atoms with Gasteiger partial charge in [0, 0.05) is 37.6 Å². The van der Waals surface area contributed by atoms with Crippen molar-refractivity contribution in [2.45, 2.75) is 33.7 Å². The smallest absolute Gasteiger partial charge is 0.194 e. The minimum atomic E-state index is 0.671. The van der Waals surface area contributed by atoms with Crippen LogP contribution in [0.15, 0.2) is 33.7 Å². The Morgan fingerprint density at radius 1 is 1.31 bits per heavy atom. The summed E-state index contributed by atoms with van der Waals surface area (Å²) < 4.78 is 6.02. The predicted molar refractivity (Wildman–Crippen MR) is 109 cm³/mol. The molecule has 0 radical (unpaired) electrons. The van der Waals surface area contributed by atoms with Gasteiger partial charge in [0.2, 0.25) is 0 Å². The summed E-state index contributed by atoms with van der Waals surface area (Å²) in [5.74, 6) is 2.69. The maximum absolute atomic E-state index is 6.02. The lowest BCUT2D eigenvalue weighted by atomic mass is 10.1. The van der Waals surface area contributed by atoms with Crippen LogP contribution >= 0.6 is 0 Å². The highest BCUT2D eigenvalue weighted by Gasteiger charge is 2.26. The number of rotatable bonds is 6. The van der Waals surface area contributed by atoms with Gasteiger partial charge in [-0.3, -0.25) is 4.99 Å². The van der Waals surface area contributed by atoms with Crippen LogP contribution in [0.3, 0.4) is 0 Å². The molecule has 26 heavy (non-hydrogen) atoms. The Hall–Kier alpha value is -2.01. The second-order valence-electron chi connectivity index (χ2n) is 7.13.